The Balaban J connectivity index is 2.82. The highest BCUT2D eigenvalue weighted by molar-refractivity contribution is 5.77. The fourth-order valence-electron chi connectivity index (χ4n) is 1.98. The lowest BCUT2D eigenvalue weighted by atomic mass is 9.77. The molecule has 0 spiro atoms. The van der Waals surface area contributed by atoms with Gasteiger partial charge in [0.05, 0.1) is 5.92 Å². The van der Waals surface area contributed by atoms with E-state index >= 15 is 0 Å². The summed E-state index contributed by atoms with van der Waals surface area (Å²) in [7, 11) is 1.15. The number of halogens is 3. The van der Waals surface area contributed by atoms with Crippen LogP contribution in [0.3, 0.4) is 0 Å². The van der Waals surface area contributed by atoms with Crippen molar-refractivity contribution in [2.75, 3.05) is 7.11 Å². The predicted octanol–water partition coefficient (Wildman–Crippen LogP) is 2.21. The number of methoxy groups -OCH3 is 1. The van der Waals surface area contributed by atoms with Gasteiger partial charge < -0.3 is 9.84 Å². The monoisotopic (exact) mass is 226 g/mol. The van der Waals surface area contributed by atoms with Gasteiger partial charge in [0.25, 0.3) is 0 Å². The Morgan fingerprint density at radius 1 is 1.53 bits per heavy atom. The first-order valence-electron chi connectivity index (χ1n) is 4.67. The first-order valence-corrected chi connectivity index (χ1v) is 4.67. The van der Waals surface area contributed by atoms with E-state index in [-0.39, 0.29) is 19.3 Å². The molecule has 15 heavy (non-hydrogen) atoms. The third kappa shape index (κ3) is 2.42. The molecule has 1 fully saturated rings. The van der Waals surface area contributed by atoms with Gasteiger partial charge in [-0.05, 0) is 25.7 Å². The van der Waals surface area contributed by atoms with Crippen molar-refractivity contribution in [1.29, 1.82) is 0 Å². The number of hydrogen-bond donors (Lipinski definition) is 1. The summed E-state index contributed by atoms with van der Waals surface area (Å²) >= 11 is 0. The summed E-state index contributed by atoms with van der Waals surface area (Å²) in [4.78, 5) is 10.9. The number of alkyl halides is 3. The van der Waals surface area contributed by atoms with Gasteiger partial charge in [-0.1, -0.05) is 0 Å². The quantitative estimate of drug-likeness (QED) is 0.785. The van der Waals surface area contributed by atoms with Gasteiger partial charge in [0, 0.05) is 7.11 Å². The number of hydrogen-bond acceptors (Lipinski definition) is 2. The van der Waals surface area contributed by atoms with Crippen LogP contribution in [0.15, 0.2) is 0 Å². The molecule has 1 N–H and O–H groups in total. The van der Waals surface area contributed by atoms with Gasteiger partial charge >= 0.3 is 12.1 Å². The normalized spacial score (nSPS) is 32.7. The number of ether oxygens (including phenoxy) is 1. The number of carboxylic acid groups (broad SMARTS) is 1. The molecule has 0 heterocycles. The number of carbonyl (C=O) groups is 1. The topological polar surface area (TPSA) is 46.5 Å². The summed E-state index contributed by atoms with van der Waals surface area (Å²) < 4.78 is 42.1. The lowest BCUT2D eigenvalue weighted by Crippen LogP contribution is -2.47. The van der Waals surface area contributed by atoms with E-state index in [4.69, 9.17) is 9.84 Å². The Morgan fingerprint density at radius 3 is 2.53 bits per heavy atom. The molecule has 6 heteroatoms. The highest BCUT2D eigenvalue weighted by Crippen LogP contribution is 2.43. The molecule has 0 aromatic carbocycles. The molecule has 3 nitrogen and oxygen atoms in total. The van der Waals surface area contributed by atoms with Crippen molar-refractivity contribution in [3.05, 3.63) is 0 Å². The summed E-state index contributed by atoms with van der Waals surface area (Å²) in [6.07, 6.45) is -4.46. The number of aliphatic carboxylic acids is 1. The molecule has 0 aromatic heterocycles. The second-order valence-corrected chi connectivity index (χ2v) is 3.84. The molecule has 1 rings (SSSR count). The lowest BCUT2D eigenvalue weighted by molar-refractivity contribution is -0.209. The van der Waals surface area contributed by atoms with Crippen molar-refractivity contribution in [3.8, 4) is 0 Å². The smallest absolute Gasteiger partial charge is 0.391 e. The van der Waals surface area contributed by atoms with Crippen LogP contribution in [0.1, 0.15) is 25.7 Å². The molecule has 1 aliphatic carbocycles. The van der Waals surface area contributed by atoms with Crippen molar-refractivity contribution in [2.45, 2.75) is 37.5 Å². The van der Waals surface area contributed by atoms with Crippen LogP contribution in [-0.4, -0.2) is 30.0 Å². The zero-order valence-electron chi connectivity index (χ0n) is 8.30. The molecule has 2 unspecified atom stereocenters. The Morgan fingerprint density at radius 2 is 2.13 bits per heavy atom. The van der Waals surface area contributed by atoms with Crippen LogP contribution in [0.4, 0.5) is 13.2 Å². The molecule has 1 aliphatic rings. The summed E-state index contributed by atoms with van der Waals surface area (Å²) in [5.41, 5.74) is -1.65. The van der Waals surface area contributed by atoms with Gasteiger partial charge in [-0.15, -0.1) is 0 Å². The predicted molar refractivity (Wildman–Crippen MR) is 45.4 cm³/mol. The molecule has 1 saturated carbocycles. The van der Waals surface area contributed by atoms with Gasteiger partial charge in [0.1, 0.15) is 0 Å². The zero-order valence-corrected chi connectivity index (χ0v) is 8.30. The SMILES string of the molecule is COC1(C(=O)O)CCCC(C(F)(F)F)C1. The fourth-order valence-corrected chi connectivity index (χ4v) is 1.98. The van der Waals surface area contributed by atoms with E-state index in [9.17, 15) is 18.0 Å². The minimum Gasteiger partial charge on any atom is -0.479 e. The van der Waals surface area contributed by atoms with E-state index in [1.54, 1.807) is 0 Å². The third-order valence-electron chi connectivity index (χ3n) is 2.95. The van der Waals surface area contributed by atoms with Crippen molar-refractivity contribution < 1.29 is 27.8 Å². The van der Waals surface area contributed by atoms with Crippen molar-refractivity contribution in [2.24, 2.45) is 5.92 Å². The van der Waals surface area contributed by atoms with E-state index in [1.165, 1.54) is 0 Å². The van der Waals surface area contributed by atoms with Crippen LogP contribution in [0.5, 0.6) is 0 Å². The van der Waals surface area contributed by atoms with Gasteiger partial charge in [-0.2, -0.15) is 13.2 Å². The number of carboxylic acids is 1. The molecule has 0 aliphatic heterocycles. The Hall–Kier alpha value is -0.780. The maximum absolute atomic E-state index is 12.4. The van der Waals surface area contributed by atoms with Crippen LogP contribution in [-0.2, 0) is 9.53 Å². The summed E-state index contributed by atoms with van der Waals surface area (Å²) in [5.74, 6) is -2.87. The fraction of sp³-hybridized carbons (Fsp3) is 0.889. The van der Waals surface area contributed by atoms with Crippen molar-refractivity contribution in [3.63, 3.8) is 0 Å². The third-order valence-corrected chi connectivity index (χ3v) is 2.95. The molecular weight excluding hydrogens is 213 g/mol. The maximum atomic E-state index is 12.4. The van der Waals surface area contributed by atoms with E-state index in [0.29, 0.717) is 0 Å². The summed E-state index contributed by atoms with van der Waals surface area (Å²) in [5, 5.41) is 8.88. The molecule has 0 saturated heterocycles. The Kier molecular flexibility index (Phi) is 3.28. The molecular formula is C9H13F3O3. The van der Waals surface area contributed by atoms with Crippen LogP contribution < -0.4 is 0 Å². The molecule has 0 bridgehead atoms. The van der Waals surface area contributed by atoms with E-state index < -0.39 is 30.1 Å². The average Bonchev–Trinajstić information content (AvgIpc) is 2.16. The highest BCUT2D eigenvalue weighted by Gasteiger charge is 2.51. The first-order chi connectivity index (χ1) is 6.82. The minimum atomic E-state index is -4.33. The molecule has 2 atom stereocenters. The van der Waals surface area contributed by atoms with Crippen molar-refractivity contribution in [1.82, 2.24) is 0 Å². The van der Waals surface area contributed by atoms with Gasteiger partial charge in [-0.3, -0.25) is 0 Å². The highest BCUT2D eigenvalue weighted by atomic mass is 19.4. The van der Waals surface area contributed by atoms with Crippen LogP contribution >= 0.6 is 0 Å². The van der Waals surface area contributed by atoms with Gasteiger partial charge in [0.2, 0.25) is 0 Å². The van der Waals surface area contributed by atoms with E-state index in [0.717, 1.165) is 7.11 Å². The lowest BCUT2D eigenvalue weighted by Gasteiger charge is -2.37. The molecule has 0 radical (unpaired) electrons. The van der Waals surface area contributed by atoms with Crippen LogP contribution in [0.25, 0.3) is 0 Å². The summed E-state index contributed by atoms with van der Waals surface area (Å²) in [6, 6.07) is 0. The van der Waals surface area contributed by atoms with Crippen molar-refractivity contribution >= 4 is 5.97 Å². The van der Waals surface area contributed by atoms with Crippen LogP contribution in [0, 0.1) is 5.92 Å². The summed E-state index contributed by atoms with van der Waals surface area (Å²) in [6.45, 7) is 0. The second-order valence-electron chi connectivity index (χ2n) is 3.84. The van der Waals surface area contributed by atoms with E-state index in [2.05, 4.69) is 0 Å². The molecule has 0 aromatic rings. The first kappa shape index (κ1) is 12.3. The minimum absolute atomic E-state index is 0.0120. The van der Waals surface area contributed by atoms with Crippen LogP contribution in [0.2, 0.25) is 0 Å². The molecule has 88 valence electrons. The average molecular weight is 226 g/mol. The molecule has 0 amide bonds. The van der Waals surface area contributed by atoms with Gasteiger partial charge in [-0.25, -0.2) is 4.79 Å². The largest absolute Gasteiger partial charge is 0.479 e. The van der Waals surface area contributed by atoms with E-state index in [1.807, 2.05) is 0 Å². The zero-order chi connectivity index (χ0) is 11.7. The number of rotatable bonds is 2. The second kappa shape index (κ2) is 4.00. The Bertz CT molecular complexity index is 251. The Labute approximate surface area is 85.2 Å². The standard InChI is InChI=1S/C9H13F3O3/c1-15-8(7(13)14)4-2-3-6(5-8)9(10,11)12/h6H,2-5H2,1H3,(H,13,14). The maximum Gasteiger partial charge on any atom is 0.391 e. The van der Waals surface area contributed by atoms with Gasteiger partial charge in [0.15, 0.2) is 5.60 Å².